The number of fused-ring (bicyclic) bond motifs is 1. The summed E-state index contributed by atoms with van der Waals surface area (Å²) >= 11 is 1.62. The van der Waals surface area contributed by atoms with Gasteiger partial charge in [-0.3, -0.25) is 4.98 Å². The van der Waals surface area contributed by atoms with Crippen molar-refractivity contribution in [3.63, 3.8) is 0 Å². The summed E-state index contributed by atoms with van der Waals surface area (Å²) in [5.74, 6) is 1.71. The van der Waals surface area contributed by atoms with Crippen molar-refractivity contribution in [2.75, 3.05) is 0 Å². The highest BCUT2D eigenvalue weighted by Crippen LogP contribution is 2.27. The maximum atomic E-state index is 13.2. The van der Waals surface area contributed by atoms with Gasteiger partial charge in [0, 0.05) is 17.1 Å². The number of aromatic nitrogens is 3. The van der Waals surface area contributed by atoms with Crippen molar-refractivity contribution in [2.45, 2.75) is 19.4 Å². The Labute approximate surface area is 165 Å². The van der Waals surface area contributed by atoms with Crippen LogP contribution >= 0.6 is 11.3 Å². The number of thiophene rings is 1. The Morgan fingerprint density at radius 1 is 1.25 bits per heavy atom. The summed E-state index contributed by atoms with van der Waals surface area (Å²) in [5, 5.41) is 12.5. The molecule has 1 aromatic carbocycles. The lowest BCUT2D eigenvalue weighted by molar-refractivity contribution is 0.564. The third-order valence-corrected chi connectivity index (χ3v) is 5.31. The molecule has 0 amide bonds. The van der Waals surface area contributed by atoms with Gasteiger partial charge in [0.2, 0.25) is 0 Å². The van der Waals surface area contributed by atoms with Crippen LogP contribution in [0.25, 0.3) is 22.3 Å². The zero-order valence-corrected chi connectivity index (χ0v) is 15.9. The van der Waals surface area contributed by atoms with Crippen LogP contribution < -0.4 is 5.32 Å². The van der Waals surface area contributed by atoms with Crippen LogP contribution in [-0.2, 0) is 4.79 Å². The lowest BCUT2D eigenvalue weighted by atomic mass is 10.1. The number of rotatable bonds is 6. The van der Waals surface area contributed by atoms with E-state index in [2.05, 4.69) is 27.7 Å². The average Bonchev–Trinajstić information content (AvgIpc) is 3.40. The molecule has 0 bridgehead atoms. The molecule has 0 aliphatic carbocycles. The minimum Gasteiger partial charge on any atom is -0.369 e. The van der Waals surface area contributed by atoms with E-state index < -0.39 is 0 Å². The van der Waals surface area contributed by atoms with E-state index in [0.29, 0.717) is 16.9 Å². The standard InChI is InChI=1S/C21H17FN4OS/c1-2-19(14-7-8-28-13-14)25-20(12-27)17-9-23-11-21-18(17)10-24-26(21)16-5-3-15(22)4-6-16/h3-11,13,19,25H,2H2,1H3. The quantitative estimate of drug-likeness (QED) is 0.490. The number of pyridine rings is 1. The third-order valence-electron chi connectivity index (χ3n) is 4.61. The molecule has 0 aliphatic heterocycles. The number of nitrogens with one attached hydrogen (secondary N) is 1. The van der Waals surface area contributed by atoms with Gasteiger partial charge in [-0.15, -0.1) is 0 Å². The van der Waals surface area contributed by atoms with Crippen LogP contribution in [0.3, 0.4) is 0 Å². The molecule has 28 heavy (non-hydrogen) atoms. The number of hydrogen-bond acceptors (Lipinski definition) is 5. The van der Waals surface area contributed by atoms with Crippen LogP contribution in [0.1, 0.15) is 30.5 Å². The van der Waals surface area contributed by atoms with E-state index in [1.807, 2.05) is 17.4 Å². The van der Waals surface area contributed by atoms with E-state index in [-0.39, 0.29) is 11.9 Å². The fraction of sp³-hybridized carbons (Fsp3) is 0.143. The zero-order valence-electron chi connectivity index (χ0n) is 15.1. The first-order valence-electron chi connectivity index (χ1n) is 8.83. The highest BCUT2D eigenvalue weighted by Gasteiger charge is 2.17. The topological polar surface area (TPSA) is 59.8 Å². The van der Waals surface area contributed by atoms with Crippen LogP contribution in [0.15, 0.2) is 59.7 Å². The largest absolute Gasteiger partial charge is 0.369 e. The first-order chi connectivity index (χ1) is 13.7. The Balaban J connectivity index is 1.74. The first-order valence-corrected chi connectivity index (χ1v) is 9.77. The number of benzene rings is 1. The summed E-state index contributed by atoms with van der Waals surface area (Å²) in [4.78, 5) is 16.0. The highest BCUT2D eigenvalue weighted by atomic mass is 32.1. The molecule has 1 atom stereocenters. The lowest BCUT2D eigenvalue weighted by Gasteiger charge is -2.18. The molecule has 0 saturated heterocycles. The summed E-state index contributed by atoms with van der Waals surface area (Å²) in [6.07, 6.45) is 5.81. The maximum absolute atomic E-state index is 13.2. The van der Waals surface area contributed by atoms with Gasteiger partial charge < -0.3 is 5.32 Å². The molecule has 1 N–H and O–H groups in total. The van der Waals surface area contributed by atoms with Gasteiger partial charge in [-0.2, -0.15) is 16.4 Å². The molecule has 0 aliphatic rings. The molecule has 7 heteroatoms. The van der Waals surface area contributed by atoms with Crippen LogP contribution in [0.2, 0.25) is 0 Å². The Bertz CT molecular complexity index is 1150. The second-order valence-electron chi connectivity index (χ2n) is 6.29. The monoisotopic (exact) mass is 392 g/mol. The number of carbonyl (C=O) groups excluding carboxylic acids is 1. The second-order valence-corrected chi connectivity index (χ2v) is 7.07. The van der Waals surface area contributed by atoms with E-state index in [0.717, 1.165) is 22.9 Å². The highest BCUT2D eigenvalue weighted by molar-refractivity contribution is 7.08. The van der Waals surface area contributed by atoms with Crippen molar-refractivity contribution in [1.29, 1.82) is 0 Å². The summed E-state index contributed by atoms with van der Waals surface area (Å²) in [5.41, 5.74) is 3.54. The van der Waals surface area contributed by atoms with Crippen LogP contribution in [0.5, 0.6) is 0 Å². The maximum Gasteiger partial charge on any atom is 0.150 e. The minimum absolute atomic E-state index is 0.00472. The number of nitrogens with zero attached hydrogens (tertiary/aromatic N) is 3. The van der Waals surface area contributed by atoms with E-state index in [1.54, 1.807) is 46.7 Å². The summed E-state index contributed by atoms with van der Waals surface area (Å²) in [7, 11) is 0. The van der Waals surface area contributed by atoms with E-state index in [1.165, 1.54) is 12.1 Å². The predicted molar refractivity (Wildman–Crippen MR) is 108 cm³/mol. The molecule has 3 aromatic heterocycles. The molecular weight excluding hydrogens is 375 g/mol. The van der Waals surface area contributed by atoms with Crippen molar-refractivity contribution in [3.05, 3.63) is 76.6 Å². The minimum atomic E-state index is -0.312. The van der Waals surface area contributed by atoms with Crippen molar-refractivity contribution >= 4 is 33.9 Å². The Kier molecular flexibility index (Phi) is 5.02. The van der Waals surface area contributed by atoms with Crippen molar-refractivity contribution in [3.8, 4) is 5.69 Å². The Hall–Kier alpha value is -3.28. The van der Waals surface area contributed by atoms with Crippen molar-refractivity contribution in [2.24, 2.45) is 0 Å². The molecule has 140 valence electrons. The summed E-state index contributed by atoms with van der Waals surface area (Å²) in [6, 6.07) is 8.10. The van der Waals surface area contributed by atoms with Gasteiger partial charge in [-0.25, -0.2) is 13.9 Å². The summed E-state index contributed by atoms with van der Waals surface area (Å²) < 4.78 is 14.9. The molecule has 0 spiro atoms. The molecule has 3 heterocycles. The van der Waals surface area contributed by atoms with E-state index in [4.69, 9.17) is 0 Å². The third kappa shape index (κ3) is 3.33. The van der Waals surface area contributed by atoms with Gasteiger partial charge in [0.15, 0.2) is 5.94 Å². The van der Waals surface area contributed by atoms with Gasteiger partial charge in [0.1, 0.15) is 11.5 Å². The molecular formula is C21H17FN4OS. The van der Waals surface area contributed by atoms with Gasteiger partial charge in [0.05, 0.1) is 29.6 Å². The Morgan fingerprint density at radius 2 is 2.07 bits per heavy atom. The van der Waals surface area contributed by atoms with Crippen LogP contribution in [0.4, 0.5) is 4.39 Å². The molecule has 4 rings (SSSR count). The molecule has 4 aromatic rings. The Morgan fingerprint density at radius 3 is 2.75 bits per heavy atom. The summed E-state index contributed by atoms with van der Waals surface area (Å²) in [6.45, 7) is 2.06. The fourth-order valence-electron chi connectivity index (χ4n) is 3.16. The molecule has 5 nitrogen and oxygen atoms in total. The van der Waals surface area contributed by atoms with Crippen LogP contribution in [-0.4, -0.2) is 20.7 Å². The average molecular weight is 392 g/mol. The first kappa shape index (κ1) is 18.1. The molecule has 1 unspecified atom stereocenters. The molecule has 0 fully saturated rings. The van der Waals surface area contributed by atoms with Gasteiger partial charge in [-0.1, -0.05) is 6.92 Å². The predicted octanol–water partition coefficient (Wildman–Crippen LogP) is 4.53. The normalized spacial score (nSPS) is 11.9. The molecule has 0 saturated carbocycles. The van der Waals surface area contributed by atoms with Crippen molar-refractivity contribution in [1.82, 2.24) is 20.1 Å². The zero-order chi connectivity index (χ0) is 19.5. The van der Waals surface area contributed by atoms with Gasteiger partial charge in [0.25, 0.3) is 0 Å². The fourth-order valence-corrected chi connectivity index (χ4v) is 3.87. The second kappa shape index (κ2) is 7.76. The number of halogens is 1. The number of hydrogen-bond donors (Lipinski definition) is 1. The van der Waals surface area contributed by atoms with Gasteiger partial charge >= 0.3 is 0 Å². The van der Waals surface area contributed by atoms with E-state index >= 15 is 0 Å². The molecule has 0 radical (unpaired) electrons. The lowest BCUT2D eigenvalue weighted by Crippen LogP contribution is -2.19. The van der Waals surface area contributed by atoms with Crippen LogP contribution in [0, 0.1) is 5.82 Å². The van der Waals surface area contributed by atoms with Crippen molar-refractivity contribution < 1.29 is 9.18 Å². The van der Waals surface area contributed by atoms with E-state index in [9.17, 15) is 9.18 Å². The smallest absolute Gasteiger partial charge is 0.150 e. The van der Waals surface area contributed by atoms with Gasteiger partial charge in [-0.05, 0) is 53.1 Å². The SMILES string of the molecule is CCC(NC(=C=O)c1cncc2c1cnn2-c1ccc(F)cc1)c1ccsc1.